The van der Waals surface area contributed by atoms with Gasteiger partial charge in [-0.2, -0.15) is 0 Å². The Kier molecular flexibility index (Phi) is 7.39. The number of phosphoric acid groups is 1. The quantitative estimate of drug-likeness (QED) is 0.173. The molecule has 1 heterocycles. The molecule has 1 aliphatic heterocycles. The zero-order valence-electron chi connectivity index (χ0n) is 22.5. The van der Waals surface area contributed by atoms with Crippen LogP contribution in [0.4, 0.5) is 0 Å². The molecule has 0 bridgehead atoms. The van der Waals surface area contributed by atoms with Crippen molar-refractivity contribution in [2.75, 3.05) is 0 Å². The van der Waals surface area contributed by atoms with E-state index in [2.05, 4.69) is 31.9 Å². The fraction of sp³-hybridized carbons (Fsp3) is 0.0588. The van der Waals surface area contributed by atoms with Gasteiger partial charge >= 0.3 is 7.82 Å². The summed E-state index contributed by atoms with van der Waals surface area (Å²) in [5.41, 5.74) is 3.31. The van der Waals surface area contributed by atoms with Crippen LogP contribution in [0.5, 0.6) is 23.0 Å². The molecule has 0 atom stereocenters. The molecule has 6 aromatic rings. The molecule has 0 aliphatic carbocycles. The van der Waals surface area contributed by atoms with Crippen LogP contribution in [0.1, 0.15) is 11.1 Å². The summed E-state index contributed by atoms with van der Waals surface area (Å²) >= 11 is 7.32. The fourth-order valence-corrected chi connectivity index (χ4v) is 7.03. The van der Waals surface area contributed by atoms with E-state index in [1.54, 1.807) is 12.1 Å². The van der Waals surface area contributed by atoms with E-state index in [4.69, 9.17) is 18.5 Å². The standard InChI is InChI=1S/C34H23Br2O6P/c35-27-15-23-11-13-29-33(25(23)17-31(27)39-19-21-7-3-1-4-8-21)34-26-18-32(40-20-22-9-5-2-6-10-22)28(36)16-24(26)12-14-30(34)42-43(37,38)41-29/h1-18H,19-20H2,(H,37,38). The van der Waals surface area contributed by atoms with Gasteiger partial charge in [0.15, 0.2) is 0 Å². The van der Waals surface area contributed by atoms with Gasteiger partial charge in [-0.1, -0.05) is 72.8 Å². The largest absolute Gasteiger partial charge is 0.584 e. The van der Waals surface area contributed by atoms with Crippen LogP contribution >= 0.6 is 39.7 Å². The van der Waals surface area contributed by atoms with E-state index in [-0.39, 0.29) is 11.5 Å². The minimum atomic E-state index is -4.48. The Labute approximate surface area is 264 Å². The Hall–Kier alpha value is -3.81. The van der Waals surface area contributed by atoms with Gasteiger partial charge in [0.2, 0.25) is 0 Å². The van der Waals surface area contributed by atoms with Crippen molar-refractivity contribution in [2.45, 2.75) is 13.2 Å². The van der Waals surface area contributed by atoms with E-state index in [0.717, 1.165) is 41.6 Å². The molecule has 214 valence electrons. The molecule has 0 saturated heterocycles. The predicted molar refractivity (Wildman–Crippen MR) is 175 cm³/mol. The van der Waals surface area contributed by atoms with E-state index in [1.807, 2.05) is 97.1 Å². The predicted octanol–water partition coefficient (Wildman–Crippen LogP) is 10.2. The Morgan fingerprint density at radius 1 is 0.605 bits per heavy atom. The molecule has 6 aromatic carbocycles. The lowest BCUT2D eigenvalue weighted by Crippen LogP contribution is -1.98. The fourth-order valence-electron chi connectivity index (χ4n) is 5.24. The van der Waals surface area contributed by atoms with Crippen LogP contribution in [0.15, 0.2) is 118 Å². The number of phosphoric ester groups is 1. The summed E-state index contributed by atoms with van der Waals surface area (Å²) < 4.78 is 38.4. The number of hydrogen-bond donors (Lipinski definition) is 1. The second kappa shape index (κ2) is 11.4. The van der Waals surface area contributed by atoms with Crippen molar-refractivity contribution in [3.05, 3.63) is 129 Å². The normalized spacial score (nSPS) is 13.4. The highest BCUT2D eigenvalue weighted by Gasteiger charge is 2.34. The zero-order chi connectivity index (χ0) is 29.6. The summed E-state index contributed by atoms with van der Waals surface area (Å²) in [6, 6.07) is 34.7. The molecule has 0 aromatic heterocycles. The van der Waals surface area contributed by atoms with Gasteiger partial charge < -0.3 is 18.5 Å². The number of ether oxygens (including phenoxy) is 2. The molecule has 43 heavy (non-hydrogen) atoms. The Morgan fingerprint density at radius 3 is 1.44 bits per heavy atom. The van der Waals surface area contributed by atoms with Gasteiger partial charge in [0.25, 0.3) is 0 Å². The number of fused-ring (bicyclic) bond motifs is 7. The topological polar surface area (TPSA) is 74.2 Å². The van der Waals surface area contributed by atoms with Crippen LogP contribution in [0.2, 0.25) is 0 Å². The third kappa shape index (κ3) is 5.64. The highest BCUT2D eigenvalue weighted by Crippen LogP contribution is 2.57. The lowest BCUT2D eigenvalue weighted by molar-refractivity contribution is 0.294. The summed E-state index contributed by atoms with van der Waals surface area (Å²) in [5.74, 6) is 1.71. The maximum absolute atomic E-state index is 13.1. The van der Waals surface area contributed by atoms with Gasteiger partial charge in [-0.3, -0.25) is 4.89 Å². The zero-order valence-corrected chi connectivity index (χ0v) is 26.6. The van der Waals surface area contributed by atoms with Crippen molar-refractivity contribution >= 4 is 61.2 Å². The first kappa shape index (κ1) is 28.0. The molecule has 1 aliphatic rings. The lowest BCUT2D eigenvalue weighted by atomic mass is 9.92. The first-order chi connectivity index (χ1) is 20.8. The monoisotopic (exact) mass is 716 g/mol. The van der Waals surface area contributed by atoms with E-state index in [1.165, 1.54) is 0 Å². The van der Waals surface area contributed by atoms with Gasteiger partial charge in [-0.05, 0) is 101 Å². The van der Waals surface area contributed by atoms with Gasteiger partial charge in [-0.25, -0.2) is 4.57 Å². The van der Waals surface area contributed by atoms with E-state index < -0.39 is 7.82 Å². The highest BCUT2D eigenvalue weighted by molar-refractivity contribution is 9.11. The summed E-state index contributed by atoms with van der Waals surface area (Å²) in [5, 5.41) is 3.32. The maximum Gasteiger partial charge on any atom is 0.584 e. The van der Waals surface area contributed by atoms with Crippen LogP contribution in [0.25, 0.3) is 32.7 Å². The minimum Gasteiger partial charge on any atom is -0.488 e. The third-order valence-corrected chi connectivity index (χ3v) is 9.31. The number of rotatable bonds is 6. The Bertz CT molecular complexity index is 1910. The molecule has 0 amide bonds. The lowest BCUT2D eigenvalue weighted by Gasteiger charge is -2.17. The summed E-state index contributed by atoms with van der Waals surface area (Å²) in [4.78, 5) is 10.7. The number of halogens is 2. The third-order valence-electron chi connectivity index (χ3n) is 7.22. The van der Waals surface area contributed by atoms with Crippen molar-refractivity contribution in [1.82, 2.24) is 0 Å². The number of benzene rings is 6. The van der Waals surface area contributed by atoms with Crippen molar-refractivity contribution in [3.63, 3.8) is 0 Å². The SMILES string of the molecule is O=P1(O)Oc2ccc3cc(Br)c(OCc4ccccc4)cc3c2-c2c(ccc3cc(Br)c(OCc4ccccc4)cc23)O1. The summed E-state index contributed by atoms with van der Waals surface area (Å²) in [6.07, 6.45) is 0. The molecule has 9 heteroatoms. The molecule has 0 radical (unpaired) electrons. The smallest absolute Gasteiger partial charge is 0.488 e. The second-order valence-electron chi connectivity index (χ2n) is 10.1. The summed E-state index contributed by atoms with van der Waals surface area (Å²) in [7, 11) is -4.48. The molecule has 1 N–H and O–H groups in total. The maximum atomic E-state index is 13.1. The molecule has 0 saturated carbocycles. The Balaban J connectivity index is 1.42. The van der Waals surface area contributed by atoms with Gasteiger partial charge in [-0.15, -0.1) is 0 Å². The molecular weight excluding hydrogens is 695 g/mol. The molecule has 0 spiro atoms. The van der Waals surface area contributed by atoms with E-state index in [0.29, 0.717) is 35.8 Å². The van der Waals surface area contributed by atoms with Crippen molar-refractivity contribution in [2.24, 2.45) is 0 Å². The molecule has 0 unspecified atom stereocenters. The molecular formula is C34H23Br2O6P. The van der Waals surface area contributed by atoms with Crippen molar-refractivity contribution < 1.29 is 28.0 Å². The average molecular weight is 718 g/mol. The van der Waals surface area contributed by atoms with Crippen LogP contribution in [-0.4, -0.2) is 4.89 Å². The van der Waals surface area contributed by atoms with Crippen LogP contribution < -0.4 is 18.5 Å². The first-order valence-electron chi connectivity index (χ1n) is 13.4. The van der Waals surface area contributed by atoms with E-state index >= 15 is 0 Å². The summed E-state index contributed by atoms with van der Waals surface area (Å²) in [6.45, 7) is 0.752. The van der Waals surface area contributed by atoms with Crippen molar-refractivity contribution in [1.29, 1.82) is 0 Å². The average Bonchev–Trinajstić information content (AvgIpc) is 3.12. The van der Waals surface area contributed by atoms with Crippen molar-refractivity contribution in [3.8, 4) is 34.1 Å². The molecule has 6 nitrogen and oxygen atoms in total. The first-order valence-corrected chi connectivity index (χ1v) is 16.5. The van der Waals surface area contributed by atoms with E-state index in [9.17, 15) is 9.46 Å². The van der Waals surface area contributed by atoms with Crippen LogP contribution in [0, 0.1) is 0 Å². The van der Waals surface area contributed by atoms with Crippen LogP contribution in [0.3, 0.4) is 0 Å². The highest BCUT2D eigenvalue weighted by atomic mass is 79.9. The Morgan fingerprint density at radius 2 is 1.02 bits per heavy atom. The molecule has 0 fully saturated rings. The van der Waals surface area contributed by atoms with Gasteiger partial charge in [0.1, 0.15) is 36.2 Å². The van der Waals surface area contributed by atoms with Gasteiger partial charge in [0.05, 0.1) is 8.95 Å². The molecule has 7 rings (SSSR count). The minimum absolute atomic E-state index is 0.232. The van der Waals surface area contributed by atoms with Crippen LogP contribution in [-0.2, 0) is 17.8 Å². The van der Waals surface area contributed by atoms with Gasteiger partial charge in [0, 0.05) is 11.1 Å². The number of hydrogen-bond acceptors (Lipinski definition) is 5. The second-order valence-corrected chi connectivity index (χ2v) is 13.1.